The van der Waals surface area contributed by atoms with Crippen LogP contribution in [0.3, 0.4) is 0 Å². The number of nitrogens with zero attached hydrogens (tertiary/aromatic N) is 1. The van der Waals surface area contributed by atoms with E-state index in [-0.39, 0.29) is 12.0 Å². The van der Waals surface area contributed by atoms with Gasteiger partial charge in [0.05, 0.1) is 24.9 Å². The zero-order valence-electron chi connectivity index (χ0n) is 17.6. The molecule has 1 saturated heterocycles. The maximum absolute atomic E-state index is 12.4. The molecule has 7 nitrogen and oxygen atoms in total. The highest BCUT2D eigenvalue weighted by atomic mass is 16.5. The SMILES string of the molecule is CC(C)Oc1ccc(C(=O)O[C@H](C)C(=O)Nc2ccc(N3CCOCC3)cc2)cc1. The molecule has 160 valence electrons. The fourth-order valence-electron chi connectivity index (χ4n) is 3.04. The lowest BCUT2D eigenvalue weighted by Crippen LogP contribution is -2.36. The first kappa shape index (κ1) is 21.6. The third-order valence-electron chi connectivity index (χ3n) is 4.63. The van der Waals surface area contributed by atoms with Crippen molar-refractivity contribution < 1.29 is 23.8 Å². The molecule has 2 aromatic rings. The van der Waals surface area contributed by atoms with E-state index in [9.17, 15) is 9.59 Å². The van der Waals surface area contributed by atoms with Crippen molar-refractivity contribution in [2.75, 3.05) is 36.5 Å². The topological polar surface area (TPSA) is 77.1 Å². The fourth-order valence-corrected chi connectivity index (χ4v) is 3.04. The largest absolute Gasteiger partial charge is 0.491 e. The Labute approximate surface area is 176 Å². The van der Waals surface area contributed by atoms with Gasteiger partial charge in [0, 0.05) is 24.5 Å². The Kier molecular flexibility index (Phi) is 7.30. The molecule has 1 aliphatic heterocycles. The highest BCUT2D eigenvalue weighted by Crippen LogP contribution is 2.20. The Morgan fingerprint density at radius 2 is 1.60 bits per heavy atom. The molecule has 1 heterocycles. The van der Waals surface area contributed by atoms with Crippen molar-refractivity contribution in [3.8, 4) is 5.75 Å². The third-order valence-corrected chi connectivity index (χ3v) is 4.63. The summed E-state index contributed by atoms with van der Waals surface area (Å²) in [5.74, 6) is -0.272. The average Bonchev–Trinajstić information content (AvgIpc) is 2.75. The van der Waals surface area contributed by atoms with Crippen LogP contribution in [0.5, 0.6) is 5.75 Å². The van der Waals surface area contributed by atoms with Gasteiger partial charge < -0.3 is 24.4 Å². The summed E-state index contributed by atoms with van der Waals surface area (Å²) in [5, 5.41) is 2.78. The molecule has 0 spiro atoms. The van der Waals surface area contributed by atoms with Gasteiger partial charge in [-0.2, -0.15) is 0 Å². The number of esters is 1. The van der Waals surface area contributed by atoms with Crippen molar-refractivity contribution in [2.24, 2.45) is 0 Å². The third kappa shape index (κ3) is 5.97. The number of hydrogen-bond donors (Lipinski definition) is 1. The molecule has 0 unspecified atom stereocenters. The molecular weight excluding hydrogens is 384 g/mol. The van der Waals surface area contributed by atoms with E-state index in [1.54, 1.807) is 31.2 Å². The number of carbonyl (C=O) groups is 2. The number of rotatable bonds is 7. The van der Waals surface area contributed by atoms with E-state index < -0.39 is 12.1 Å². The van der Waals surface area contributed by atoms with E-state index in [4.69, 9.17) is 14.2 Å². The van der Waals surface area contributed by atoms with Crippen LogP contribution in [0, 0.1) is 0 Å². The molecular formula is C23H28N2O5. The van der Waals surface area contributed by atoms with Crippen molar-refractivity contribution in [1.29, 1.82) is 0 Å². The van der Waals surface area contributed by atoms with Crippen LogP contribution in [0.2, 0.25) is 0 Å². The number of hydrogen-bond acceptors (Lipinski definition) is 6. The monoisotopic (exact) mass is 412 g/mol. The van der Waals surface area contributed by atoms with Crippen LogP contribution in [0.1, 0.15) is 31.1 Å². The first-order valence-corrected chi connectivity index (χ1v) is 10.1. The van der Waals surface area contributed by atoms with E-state index in [1.807, 2.05) is 38.1 Å². The lowest BCUT2D eigenvalue weighted by atomic mass is 10.2. The van der Waals surface area contributed by atoms with Gasteiger partial charge in [-0.25, -0.2) is 4.79 Å². The molecule has 30 heavy (non-hydrogen) atoms. The number of morpholine rings is 1. The Bertz CT molecular complexity index is 843. The average molecular weight is 412 g/mol. The Morgan fingerprint density at radius 1 is 0.967 bits per heavy atom. The maximum atomic E-state index is 12.4. The lowest BCUT2D eigenvalue weighted by Gasteiger charge is -2.28. The Morgan fingerprint density at radius 3 is 2.20 bits per heavy atom. The summed E-state index contributed by atoms with van der Waals surface area (Å²) in [5.41, 5.74) is 2.09. The smallest absolute Gasteiger partial charge is 0.338 e. The Hall–Kier alpha value is -3.06. The minimum atomic E-state index is -0.928. The van der Waals surface area contributed by atoms with Crippen LogP contribution in [-0.4, -0.2) is 50.4 Å². The van der Waals surface area contributed by atoms with Gasteiger partial charge in [-0.1, -0.05) is 0 Å². The van der Waals surface area contributed by atoms with Crippen LogP contribution in [0.15, 0.2) is 48.5 Å². The van der Waals surface area contributed by atoms with Gasteiger partial charge in [0.25, 0.3) is 5.91 Å². The highest BCUT2D eigenvalue weighted by Gasteiger charge is 2.19. The second kappa shape index (κ2) is 10.1. The summed E-state index contributed by atoms with van der Waals surface area (Å²) < 4.78 is 16.2. The van der Waals surface area contributed by atoms with Gasteiger partial charge in [0.1, 0.15) is 5.75 Å². The number of nitrogens with one attached hydrogen (secondary N) is 1. The van der Waals surface area contributed by atoms with Crippen LogP contribution in [0.4, 0.5) is 11.4 Å². The molecule has 1 atom stereocenters. The van der Waals surface area contributed by atoms with Crippen molar-refractivity contribution >= 4 is 23.3 Å². The van der Waals surface area contributed by atoms with Crippen molar-refractivity contribution in [3.63, 3.8) is 0 Å². The second-order valence-electron chi connectivity index (χ2n) is 7.37. The quantitative estimate of drug-likeness (QED) is 0.702. The van der Waals surface area contributed by atoms with Crippen molar-refractivity contribution in [1.82, 2.24) is 0 Å². The van der Waals surface area contributed by atoms with Crippen LogP contribution < -0.4 is 15.0 Å². The van der Waals surface area contributed by atoms with Gasteiger partial charge in [-0.15, -0.1) is 0 Å². The molecule has 3 rings (SSSR count). The van der Waals surface area contributed by atoms with E-state index in [1.165, 1.54) is 0 Å². The summed E-state index contributed by atoms with van der Waals surface area (Å²) in [6.45, 7) is 8.54. The molecule has 1 aliphatic rings. The predicted molar refractivity (Wildman–Crippen MR) is 115 cm³/mol. The number of benzene rings is 2. The van der Waals surface area contributed by atoms with Gasteiger partial charge >= 0.3 is 5.97 Å². The highest BCUT2D eigenvalue weighted by molar-refractivity contribution is 5.97. The van der Waals surface area contributed by atoms with Gasteiger partial charge in [-0.05, 0) is 69.3 Å². The van der Waals surface area contributed by atoms with Crippen LogP contribution in [0.25, 0.3) is 0 Å². The second-order valence-corrected chi connectivity index (χ2v) is 7.37. The minimum absolute atomic E-state index is 0.0504. The summed E-state index contributed by atoms with van der Waals surface area (Å²) in [6.07, 6.45) is -0.877. The maximum Gasteiger partial charge on any atom is 0.338 e. The van der Waals surface area contributed by atoms with E-state index in [2.05, 4.69) is 10.2 Å². The molecule has 0 saturated carbocycles. The Balaban J connectivity index is 1.52. The molecule has 1 amide bonds. The molecule has 0 radical (unpaired) electrons. The lowest BCUT2D eigenvalue weighted by molar-refractivity contribution is -0.123. The fraction of sp³-hybridized carbons (Fsp3) is 0.391. The molecule has 1 N–H and O–H groups in total. The van der Waals surface area contributed by atoms with Crippen LogP contribution >= 0.6 is 0 Å². The first-order chi connectivity index (χ1) is 14.4. The van der Waals surface area contributed by atoms with Crippen LogP contribution in [-0.2, 0) is 14.3 Å². The minimum Gasteiger partial charge on any atom is -0.491 e. The summed E-state index contributed by atoms with van der Waals surface area (Å²) >= 11 is 0. The normalized spacial score (nSPS) is 14.9. The van der Waals surface area contributed by atoms with Gasteiger partial charge in [0.15, 0.2) is 6.10 Å². The van der Waals surface area contributed by atoms with E-state index in [0.29, 0.717) is 17.0 Å². The number of amides is 1. The van der Waals surface area contributed by atoms with Crippen molar-refractivity contribution in [2.45, 2.75) is 33.0 Å². The van der Waals surface area contributed by atoms with Gasteiger partial charge in [0.2, 0.25) is 0 Å². The zero-order valence-corrected chi connectivity index (χ0v) is 17.6. The number of anilines is 2. The summed E-state index contributed by atoms with van der Waals surface area (Å²) in [6, 6.07) is 14.2. The summed E-state index contributed by atoms with van der Waals surface area (Å²) in [4.78, 5) is 26.9. The molecule has 0 bridgehead atoms. The van der Waals surface area contributed by atoms with Crippen molar-refractivity contribution in [3.05, 3.63) is 54.1 Å². The van der Waals surface area contributed by atoms with E-state index >= 15 is 0 Å². The van der Waals surface area contributed by atoms with E-state index in [0.717, 1.165) is 32.0 Å². The predicted octanol–water partition coefficient (Wildman–Crippen LogP) is 3.49. The van der Waals surface area contributed by atoms with Gasteiger partial charge in [-0.3, -0.25) is 4.79 Å². The number of ether oxygens (including phenoxy) is 3. The number of carbonyl (C=O) groups excluding carboxylic acids is 2. The zero-order chi connectivity index (χ0) is 21.5. The first-order valence-electron chi connectivity index (χ1n) is 10.1. The summed E-state index contributed by atoms with van der Waals surface area (Å²) in [7, 11) is 0. The molecule has 2 aromatic carbocycles. The molecule has 1 fully saturated rings. The molecule has 0 aromatic heterocycles. The molecule has 7 heteroatoms. The molecule has 0 aliphatic carbocycles. The standard InChI is InChI=1S/C23H28N2O5/c1-16(2)29-21-10-4-18(5-11-21)23(27)30-17(3)22(26)24-19-6-8-20(9-7-19)25-12-14-28-15-13-25/h4-11,16-17H,12-15H2,1-3H3,(H,24,26)/t17-/m1/s1.